The predicted molar refractivity (Wildman–Crippen MR) is 89.7 cm³/mol. The molecule has 0 saturated heterocycles. The molecule has 23 heavy (non-hydrogen) atoms. The number of hydrogen-bond acceptors (Lipinski definition) is 2. The average Bonchev–Trinajstić information content (AvgIpc) is 3.21. The highest BCUT2D eigenvalue weighted by atomic mass is 19.3. The van der Waals surface area contributed by atoms with E-state index in [1.54, 1.807) is 12.1 Å². The van der Waals surface area contributed by atoms with Gasteiger partial charge in [0.2, 0.25) is 0 Å². The van der Waals surface area contributed by atoms with Crippen LogP contribution in [0.15, 0.2) is 35.6 Å². The summed E-state index contributed by atoms with van der Waals surface area (Å²) in [6.07, 6.45) is 2.81. The lowest BCUT2D eigenvalue weighted by atomic mass is 10.0. The van der Waals surface area contributed by atoms with Gasteiger partial charge in [-0.2, -0.15) is 8.78 Å². The van der Waals surface area contributed by atoms with Gasteiger partial charge in [-0.25, -0.2) is 0 Å². The first-order valence-corrected chi connectivity index (χ1v) is 7.57. The van der Waals surface area contributed by atoms with Crippen LogP contribution < -0.4 is 0 Å². The molecular formula is C19H28F2O2. The van der Waals surface area contributed by atoms with Gasteiger partial charge in [-0.05, 0) is 44.7 Å². The van der Waals surface area contributed by atoms with Crippen molar-refractivity contribution < 1.29 is 18.3 Å². The quantitative estimate of drug-likeness (QED) is 0.646. The van der Waals surface area contributed by atoms with Crippen LogP contribution in [-0.4, -0.2) is 19.3 Å². The zero-order valence-electron chi connectivity index (χ0n) is 13.7. The minimum atomic E-state index is -2.95. The van der Waals surface area contributed by atoms with E-state index < -0.39 is 12.5 Å². The molecule has 2 rings (SSSR count). The first kappa shape index (κ1) is 19.6. The van der Waals surface area contributed by atoms with Gasteiger partial charge in [-0.1, -0.05) is 31.7 Å². The first-order valence-electron chi connectivity index (χ1n) is 7.57. The summed E-state index contributed by atoms with van der Waals surface area (Å²) in [5.41, 5.74) is 2.06. The normalized spacial score (nSPS) is 14.3. The van der Waals surface area contributed by atoms with Crippen molar-refractivity contribution in [3.63, 3.8) is 0 Å². The highest BCUT2D eigenvalue weighted by molar-refractivity contribution is 5.31. The minimum absolute atomic E-state index is 0. The Hall–Kier alpha value is -1.42. The molecule has 0 spiro atoms. The Balaban J connectivity index is 0.00000264. The number of allylic oxidation sites excluding steroid dienone is 2. The molecule has 0 radical (unpaired) electrons. The summed E-state index contributed by atoms with van der Waals surface area (Å²) < 4.78 is 38.1. The maximum atomic E-state index is 13.8. The van der Waals surface area contributed by atoms with Crippen LogP contribution in [-0.2, 0) is 21.8 Å². The summed E-state index contributed by atoms with van der Waals surface area (Å²) in [5, 5.41) is 0. The maximum absolute atomic E-state index is 13.8. The summed E-state index contributed by atoms with van der Waals surface area (Å²) in [4.78, 5) is 0. The second kappa shape index (κ2) is 7.43. The van der Waals surface area contributed by atoms with E-state index in [0.29, 0.717) is 6.42 Å². The molecule has 1 aliphatic rings. The van der Waals surface area contributed by atoms with Crippen LogP contribution in [0.3, 0.4) is 0 Å². The minimum Gasteiger partial charge on any atom is -0.492 e. The lowest BCUT2D eigenvalue weighted by Gasteiger charge is -2.24. The Kier molecular flexibility index (Phi) is 6.34. The fourth-order valence-corrected chi connectivity index (χ4v) is 2.26. The molecular weight excluding hydrogens is 298 g/mol. The number of rotatable bonds is 6. The van der Waals surface area contributed by atoms with E-state index in [-0.39, 0.29) is 18.6 Å². The standard InChI is InChI=1S/C18H24F2O2.CH4/c1-17(2,3)22-16(14-7-8-14)11-13-5-9-15(10-6-13)18(19,20)12-21-4;/h5-6,9-10H,7-8,11-12H2,1-4H3;1H4. The topological polar surface area (TPSA) is 18.5 Å². The molecule has 0 heterocycles. The predicted octanol–water partition coefficient (Wildman–Crippen LogP) is 5.47. The van der Waals surface area contributed by atoms with Gasteiger partial charge in [0.05, 0.1) is 0 Å². The van der Waals surface area contributed by atoms with Crippen LogP contribution in [0.2, 0.25) is 0 Å². The molecule has 0 bridgehead atoms. The van der Waals surface area contributed by atoms with Crippen LogP contribution in [0.5, 0.6) is 0 Å². The van der Waals surface area contributed by atoms with Gasteiger partial charge in [-0.3, -0.25) is 0 Å². The van der Waals surface area contributed by atoms with Crippen molar-refractivity contribution >= 4 is 0 Å². The summed E-state index contributed by atoms with van der Waals surface area (Å²) in [6, 6.07) is 6.43. The number of methoxy groups -OCH3 is 1. The maximum Gasteiger partial charge on any atom is 0.296 e. The van der Waals surface area contributed by atoms with E-state index in [1.165, 1.54) is 24.8 Å². The highest BCUT2D eigenvalue weighted by Crippen LogP contribution is 2.36. The molecule has 1 aliphatic carbocycles. The third kappa shape index (κ3) is 5.94. The molecule has 0 amide bonds. The third-order valence-corrected chi connectivity index (χ3v) is 3.39. The molecule has 130 valence electrons. The Morgan fingerprint density at radius 2 is 1.65 bits per heavy atom. The fraction of sp³-hybridized carbons (Fsp3) is 0.579. The SMILES string of the molecule is C.COCC(F)(F)c1ccc(CC(OC(C)(C)C)=C2CC2)cc1. The molecule has 1 aromatic carbocycles. The average molecular weight is 326 g/mol. The van der Waals surface area contributed by atoms with Crippen molar-refractivity contribution in [3.8, 4) is 0 Å². The largest absolute Gasteiger partial charge is 0.492 e. The molecule has 1 fully saturated rings. The van der Waals surface area contributed by atoms with E-state index in [0.717, 1.165) is 24.2 Å². The Labute approximate surface area is 138 Å². The summed E-state index contributed by atoms with van der Waals surface area (Å²) >= 11 is 0. The van der Waals surface area contributed by atoms with Crippen molar-refractivity contribution in [1.82, 2.24) is 0 Å². The van der Waals surface area contributed by atoms with Crippen LogP contribution in [0.4, 0.5) is 8.78 Å². The molecule has 0 atom stereocenters. The summed E-state index contributed by atoms with van der Waals surface area (Å²) in [7, 11) is 1.28. The molecule has 0 aromatic heterocycles. The lowest BCUT2D eigenvalue weighted by molar-refractivity contribution is -0.0698. The van der Waals surface area contributed by atoms with Crippen molar-refractivity contribution in [2.45, 2.75) is 59.0 Å². The molecule has 1 saturated carbocycles. The number of ether oxygens (including phenoxy) is 2. The molecule has 0 unspecified atom stereocenters. The van der Waals surface area contributed by atoms with Crippen LogP contribution >= 0.6 is 0 Å². The van der Waals surface area contributed by atoms with E-state index >= 15 is 0 Å². The lowest BCUT2D eigenvalue weighted by Crippen LogP contribution is -2.20. The van der Waals surface area contributed by atoms with Crippen LogP contribution in [0.1, 0.15) is 52.2 Å². The smallest absolute Gasteiger partial charge is 0.296 e. The van der Waals surface area contributed by atoms with Crippen molar-refractivity contribution in [3.05, 3.63) is 46.7 Å². The number of halogens is 2. The zero-order chi connectivity index (χ0) is 16.4. The van der Waals surface area contributed by atoms with E-state index in [9.17, 15) is 8.78 Å². The van der Waals surface area contributed by atoms with Gasteiger partial charge in [0.1, 0.15) is 18.0 Å². The molecule has 1 aromatic rings. The second-order valence-corrected chi connectivity index (χ2v) is 6.75. The summed E-state index contributed by atoms with van der Waals surface area (Å²) in [5.74, 6) is -1.96. The van der Waals surface area contributed by atoms with Crippen molar-refractivity contribution in [2.24, 2.45) is 0 Å². The van der Waals surface area contributed by atoms with E-state index in [4.69, 9.17) is 4.74 Å². The first-order chi connectivity index (χ1) is 10.2. The second-order valence-electron chi connectivity index (χ2n) is 6.75. The zero-order valence-corrected chi connectivity index (χ0v) is 13.7. The Morgan fingerprint density at radius 3 is 2.09 bits per heavy atom. The molecule has 4 heteroatoms. The van der Waals surface area contributed by atoms with Gasteiger partial charge >= 0.3 is 0 Å². The van der Waals surface area contributed by atoms with Crippen LogP contribution in [0, 0.1) is 0 Å². The van der Waals surface area contributed by atoms with Crippen molar-refractivity contribution in [2.75, 3.05) is 13.7 Å². The van der Waals surface area contributed by atoms with Gasteiger partial charge in [0, 0.05) is 19.1 Å². The molecule has 2 nitrogen and oxygen atoms in total. The molecule has 0 N–H and O–H groups in total. The van der Waals surface area contributed by atoms with Crippen LogP contribution in [0.25, 0.3) is 0 Å². The van der Waals surface area contributed by atoms with Gasteiger partial charge in [0.15, 0.2) is 0 Å². The fourth-order valence-electron chi connectivity index (χ4n) is 2.26. The number of alkyl halides is 2. The van der Waals surface area contributed by atoms with E-state index in [1.807, 2.05) is 20.8 Å². The van der Waals surface area contributed by atoms with Gasteiger partial charge < -0.3 is 9.47 Å². The van der Waals surface area contributed by atoms with Gasteiger partial charge in [-0.15, -0.1) is 0 Å². The van der Waals surface area contributed by atoms with Crippen molar-refractivity contribution in [1.29, 1.82) is 0 Å². The number of hydrogen-bond donors (Lipinski definition) is 0. The highest BCUT2D eigenvalue weighted by Gasteiger charge is 2.31. The van der Waals surface area contributed by atoms with Gasteiger partial charge in [0.25, 0.3) is 5.92 Å². The number of benzene rings is 1. The summed E-state index contributed by atoms with van der Waals surface area (Å²) in [6.45, 7) is 5.45. The monoisotopic (exact) mass is 326 g/mol. The Bertz CT molecular complexity index is 533. The Morgan fingerprint density at radius 1 is 1.09 bits per heavy atom. The molecule has 0 aliphatic heterocycles. The van der Waals surface area contributed by atoms with E-state index in [2.05, 4.69) is 4.74 Å². The third-order valence-electron chi connectivity index (χ3n) is 3.39.